The molecule has 1 heterocycles. The molecule has 6 heteroatoms. The smallest absolute Gasteiger partial charge is 0.287 e. The molecule has 1 aliphatic heterocycles. The summed E-state index contributed by atoms with van der Waals surface area (Å²) in [5.74, 6) is -0.384. The fraction of sp³-hybridized carbons (Fsp3) is 0.500. The highest BCUT2D eigenvalue weighted by atomic mass is 19.4. The third-order valence-electron chi connectivity index (χ3n) is 5.41. The number of rotatable bonds is 6. The van der Waals surface area contributed by atoms with E-state index in [4.69, 9.17) is 0 Å². The SMILES string of the molecule is CCCCCc1cccc2cccc([C@H](N3CC(C)(C)C(=O)N3)C(F)(F)F)c12. The number of alkyl halides is 3. The summed E-state index contributed by atoms with van der Waals surface area (Å²) in [5.41, 5.74) is 2.73. The summed E-state index contributed by atoms with van der Waals surface area (Å²) >= 11 is 0. The molecule has 2 aromatic rings. The number of nitrogens with one attached hydrogen (secondary N) is 1. The molecule has 1 atom stereocenters. The number of aryl methyl sites for hydroxylation is 1. The first-order valence-electron chi connectivity index (χ1n) is 9.80. The molecule has 1 amide bonds. The lowest BCUT2D eigenvalue weighted by molar-refractivity contribution is -0.191. The zero-order valence-corrected chi connectivity index (χ0v) is 16.6. The Bertz CT molecular complexity index is 855. The Balaban J connectivity index is 2.11. The van der Waals surface area contributed by atoms with Crippen LogP contribution in [0.15, 0.2) is 36.4 Å². The Hall–Kier alpha value is -2.08. The Morgan fingerprint density at radius 1 is 1.14 bits per heavy atom. The molecule has 0 radical (unpaired) electrons. The number of hydrogen-bond donors (Lipinski definition) is 1. The lowest BCUT2D eigenvalue weighted by Crippen LogP contribution is -2.43. The van der Waals surface area contributed by atoms with E-state index in [-0.39, 0.29) is 18.0 Å². The molecule has 0 unspecified atom stereocenters. The van der Waals surface area contributed by atoms with Crippen molar-refractivity contribution in [2.75, 3.05) is 6.54 Å². The second-order valence-electron chi connectivity index (χ2n) is 8.22. The average Bonchev–Trinajstić information content (AvgIpc) is 2.86. The molecule has 3 nitrogen and oxygen atoms in total. The van der Waals surface area contributed by atoms with Gasteiger partial charge in [-0.2, -0.15) is 13.2 Å². The van der Waals surface area contributed by atoms with Gasteiger partial charge in [0.2, 0.25) is 5.91 Å². The number of carbonyl (C=O) groups is 1. The van der Waals surface area contributed by atoms with Gasteiger partial charge in [-0.3, -0.25) is 10.2 Å². The highest BCUT2D eigenvalue weighted by molar-refractivity contribution is 5.90. The monoisotopic (exact) mass is 392 g/mol. The molecule has 28 heavy (non-hydrogen) atoms. The van der Waals surface area contributed by atoms with E-state index in [0.29, 0.717) is 5.39 Å². The van der Waals surface area contributed by atoms with Crippen molar-refractivity contribution >= 4 is 16.7 Å². The van der Waals surface area contributed by atoms with Crippen molar-refractivity contribution in [3.05, 3.63) is 47.5 Å². The normalized spacial score (nSPS) is 18.4. The van der Waals surface area contributed by atoms with Crippen LogP contribution in [0.25, 0.3) is 10.8 Å². The van der Waals surface area contributed by atoms with Gasteiger partial charge in [-0.25, -0.2) is 5.01 Å². The van der Waals surface area contributed by atoms with Gasteiger partial charge in [0, 0.05) is 6.54 Å². The third-order valence-corrected chi connectivity index (χ3v) is 5.41. The number of hydrogen-bond acceptors (Lipinski definition) is 2. The maximum Gasteiger partial charge on any atom is 0.409 e. The van der Waals surface area contributed by atoms with Crippen LogP contribution in [0.5, 0.6) is 0 Å². The fourth-order valence-corrected chi connectivity index (χ4v) is 3.95. The van der Waals surface area contributed by atoms with Crippen LogP contribution in [0.2, 0.25) is 0 Å². The molecule has 0 bridgehead atoms. The highest BCUT2D eigenvalue weighted by Crippen LogP contribution is 2.43. The van der Waals surface area contributed by atoms with Gasteiger partial charge in [0.05, 0.1) is 5.41 Å². The minimum absolute atomic E-state index is 0.00436. The summed E-state index contributed by atoms with van der Waals surface area (Å²) < 4.78 is 42.6. The second-order valence-corrected chi connectivity index (χ2v) is 8.22. The minimum Gasteiger partial charge on any atom is -0.287 e. The number of benzene rings is 2. The van der Waals surface area contributed by atoms with E-state index in [1.807, 2.05) is 24.3 Å². The lowest BCUT2D eigenvalue weighted by Gasteiger charge is -2.31. The molecule has 1 N–H and O–H groups in total. The van der Waals surface area contributed by atoms with E-state index in [1.54, 1.807) is 26.0 Å². The van der Waals surface area contributed by atoms with E-state index >= 15 is 0 Å². The second kappa shape index (κ2) is 7.74. The predicted molar refractivity (Wildman–Crippen MR) is 105 cm³/mol. The predicted octanol–water partition coefficient (Wildman–Crippen LogP) is 5.55. The molecule has 3 rings (SSSR count). The zero-order valence-electron chi connectivity index (χ0n) is 16.6. The van der Waals surface area contributed by atoms with Crippen LogP contribution >= 0.6 is 0 Å². The topological polar surface area (TPSA) is 32.3 Å². The molecule has 0 spiro atoms. The van der Waals surface area contributed by atoms with Crippen molar-refractivity contribution in [1.82, 2.24) is 10.4 Å². The van der Waals surface area contributed by atoms with Gasteiger partial charge in [-0.05, 0) is 48.6 Å². The van der Waals surface area contributed by atoms with E-state index in [0.717, 1.165) is 41.6 Å². The first-order chi connectivity index (χ1) is 13.1. The first-order valence-corrected chi connectivity index (χ1v) is 9.80. The van der Waals surface area contributed by atoms with Gasteiger partial charge >= 0.3 is 6.18 Å². The number of fused-ring (bicyclic) bond motifs is 1. The van der Waals surface area contributed by atoms with Gasteiger partial charge < -0.3 is 0 Å². The number of carbonyl (C=O) groups excluding carboxylic acids is 1. The van der Waals surface area contributed by atoms with E-state index in [2.05, 4.69) is 12.3 Å². The summed E-state index contributed by atoms with van der Waals surface area (Å²) in [5, 5.41) is 2.51. The number of hydrazine groups is 1. The Morgan fingerprint density at radius 3 is 2.39 bits per heavy atom. The molecule has 152 valence electrons. The first kappa shape index (κ1) is 20.6. The lowest BCUT2D eigenvalue weighted by atomic mass is 9.90. The minimum atomic E-state index is -4.52. The average molecular weight is 392 g/mol. The van der Waals surface area contributed by atoms with Crippen LogP contribution in [0.1, 0.15) is 57.2 Å². The third kappa shape index (κ3) is 4.02. The van der Waals surface area contributed by atoms with Gasteiger partial charge in [0.25, 0.3) is 0 Å². The molecule has 0 aliphatic carbocycles. The maximum absolute atomic E-state index is 14.2. The molecular formula is C22H27F3N2O. The molecule has 1 fully saturated rings. The van der Waals surface area contributed by atoms with Crippen LogP contribution in [-0.2, 0) is 11.2 Å². The number of halogens is 3. The summed E-state index contributed by atoms with van der Waals surface area (Å²) in [6.45, 7) is 5.43. The maximum atomic E-state index is 14.2. The van der Waals surface area contributed by atoms with Crippen LogP contribution in [-0.4, -0.2) is 23.6 Å². The number of nitrogens with zero attached hydrogens (tertiary/aromatic N) is 1. The van der Waals surface area contributed by atoms with Crippen LogP contribution in [0.4, 0.5) is 13.2 Å². The van der Waals surface area contributed by atoms with Gasteiger partial charge in [-0.1, -0.05) is 56.2 Å². The van der Waals surface area contributed by atoms with Crippen molar-refractivity contribution < 1.29 is 18.0 Å². The van der Waals surface area contributed by atoms with Gasteiger partial charge in [-0.15, -0.1) is 0 Å². The molecule has 0 aromatic heterocycles. The summed E-state index contributed by atoms with van der Waals surface area (Å²) in [7, 11) is 0. The quantitative estimate of drug-likeness (QED) is 0.654. The van der Waals surface area contributed by atoms with Crippen LogP contribution < -0.4 is 5.43 Å². The summed E-state index contributed by atoms with van der Waals surface area (Å²) in [6, 6.07) is 8.84. The molecule has 2 aromatic carbocycles. The number of unbranched alkanes of at least 4 members (excludes halogenated alkanes) is 2. The van der Waals surface area contributed by atoms with Crippen molar-refractivity contribution in [3.63, 3.8) is 0 Å². The highest BCUT2D eigenvalue weighted by Gasteiger charge is 2.51. The standard InChI is InChI=1S/C22H27F3N2O/c1-4-5-6-9-15-10-7-11-16-12-8-13-17(18(15)16)19(22(23,24)25)27-14-21(2,3)20(28)26-27/h7-8,10-13,19H,4-6,9,14H2,1-3H3,(H,26,28)/t19-/m0/s1. The van der Waals surface area contributed by atoms with Crippen molar-refractivity contribution in [3.8, 4) is 0 Å². The number of amides is 1. The fourth-order valence-electron chi connectivity index (χ4n) is 3.95. The van der Waals surface area contributed by atoms with Gasteiger partial charge in [0.15, 0.2) is 6.04 Å². The molecule has 1 aliphatic rings. The molecule has 0 saturated carbocycles. The molecular weight excluding hydrogens is 365 g/mol. The Kier molecular flexibility index (Phi) is 5.71. The van der Waals surface area contributed by atoms with E-state index < -0.39 is 17.6 Å². The Labute approximate surface area is 163 Å². The summed E-state index contributed by atoms with van der Waals surface area (Å²) in [4.78, 5) is 12.2. The summed E-state index contributed by atoms with van der Waals surface area (Å²) in [6.07, 6.45) is -0.743. The zero-order chi connectivity index (χ0) is 20.5. The van der Waals surface area contributed by atoms with Crippen molar-refractivity contribution in [1.29, 1.82) is 0 Å². The van der Waals surface area contributed by atoms with E-state index in [1.165, 1.54) is 0 Å². The Morgan fingerprint density at radius 2 is 1.82 bits per heavy atom. The van der Waals surface area contributed by atoms with Crippen molar-refractivity contribution in [2.45, 2.75) is 58.7 Å². The van der Waals surface area contributed by atoms with Gasteiger partial charge in [0.1, 0.15) is 0 Å². The van der Waals surface area contributed by atoms with Crippen LogP contribution in [0.3, 0.4) is 0 Å². The largest absolute Gasteiger partial charge is 0.409 e. The van der Waals surface area contributed by atoms with E-state index in [9.17, 15) is 18.0 Å². The van der Waals surface area contributed by atoms with Crippen molar-refractivity contribution in [2.24, 2.45) is 5.41 Å². The van der Waals surface area contributed by atoms with Crippen LogP contribution in [0, 0.1) is 5.41 Å². The molecule has 1 saturated heterocycles.